The van der Waals surface area contributed by atoms with Crippen molar-refractivity contribution in [1.82, 2.24) is 0 Å². The molecule has 6 heteroatoms. The van der Waals surface area contributed by atoms with Gasteiger partial charge >= 0.3 is 18.6 Å². The normalized spacial score (nSPS) is 11.8. The van der Waals surface area contributed by atoms with Crippen molar-refractivity contribution in [2.45, 2.75) is 104 Å². The first kappa shape index (κ1) is 26.3. The molecule has 0 aliphatic carbocycles. The Labute approximate surface area is 167 Å². The van der Waals surface area contributed by atoms with E-state index < -0.39 is 18.6 Å². The third kappa shape index (κ3) is 17.7. The zero-order chi connectivity index (χ0) is 19.3. The third-order valence-electron chi connectivity index (χ3n) is 4.34. The summed E-state index contributed by atoms with van der Waals surface area (Å²) in [6.07, 6.45) is 11.7. The maximum atomic E-state index is 6.06. The lowest BCUT2D eigenvalue weighted by Gasteiger charge is -2.18. The van der Waals surface area contributed by atoms with Crippen molar-refractivity contribution in [2.24, 2.45) is 0 Å². The molecule has 0 aromatic carbocycles. The first-order chi connectivity index (χ1) is 12.8. The van der Waals surface area contributed by atoms with E-state index in [0.717, 1.165) is 64.2 Å². The summed E-state index contributed by atoms with van der Waals surface area (Å²) in [5.41, 5.74) is 0. The molecule has 0 heterocycles. The van der Waals surface area contributed by atoms with Crippen molar-refractivity contribution in [2.75, 3.05) is 26.4 Å². The molecule has 0 spiro atoms. The Bertz CT molecular complexity index is 224. The second-order valence-corrected chi connectivity index (χ2v) is 11.2. The van der Waals surface area contributed by atoms with E-state index in [2.05, 4.69) is 27.7 Å². The predicted octanol–water partition coefficient (Wildman–Crippen LogP) is 5.47. The fourth-order valence-electron chi connectivity index (χ4n) is 2.49. The van der Waals surface area contributed by atoms with Crippen LogP contribution in [0.25, 0.3) is 0 Å². The van der Waals surface area contributed by atoms with E-state index >= 15 is 0 Å². The molecule has 0 amide bonds. The Hall–Kier alpha value is 0.274. The summed E-state index contributed by atoms with van der Waals surface area (Å²) >= 11 is 0. The van der Waals surface area contributed by atoms with Crippen LogP contribution < -0.4 is 0 Å². The van der Waals surface area contributed by atoms with Gasteiger partial charge in [0.15, 0.2) is 0 Å². The third-order valence-corrected chi connectivity index (χ3v) is 8.53. The van der Waals surface area contributed by atoms with Crippen LogP contribution in [-0.2, 0) is 17.7 Å². The molecule has 0 unspecified atom stereocenters. The molecule has 26 heavy (non-hydrogen) atoms. The molecule has 0 fully saturated rings. The summed E-state index contributed by atoms with van der Waals surface area (Å²) in [7, 11) is -2.96. The first-order valence-corrected chi connectivity index (χ1v) is 14.8. The zero-order valence-electron chi connectivity index (χ0n) is 18.1. The highest BCUT2D eigenvalue weighted by atomic mass is 28.3. The Morgan fingerprint density at radius 3 is 0.923 bits per heavy atom. The van der Waals surface area contributed by atoms with Crippen molar-refractivity contribution in [1.29, 1.82) is 0 Å². The predicted molar refractivity (Wildman–Crippen MR) is 117 cm³/mol. The van der Waals surface area contributed by atoms with Gasteiger partial charge in [-0.15, -0.1) is 0 Å². The molecular weight excluding hydrogens is 360 g/mol. The molecule has 0 aromatic heterocycles. The Balaban J connectivity index is 4.04. The van der Waals surface area contributed by atoms with E-state index in [1.165, 1.54) is 38.5 Å². The van der Waals surface area contributed by atoms with Gasteiger partial charge in [0.2, 0.25) is 0 Å². The molecular formula is C20H46O4Si2. The molecule has 0 saturated heterocycles. The largest absolute Gasteiger partial charge is 0.397 e. The number of rotatable bonds is 21. The van der Waals surface area contributed by atoms with Crippen LogP contribution in [0.15, 0.2) is 0 Å². The van der Waals surface area contributed by atoms with E-state index in [-0.39, 0.29) is 0 Å². The van der Waals surface area contributed by atoms with Crippen molar-refractivity contribution >= 4 is 18.6 Å². The smallest absolute Gasteiger partial charge is 0.321 e. The highest BCUT2D eigenvalue weighted by Gasteiger charge is 2.16. The van der Waals surface area contributed by atoms with E-state index in [9.17, 15) is 0 Å². The number of hydrogen-bond donors (Lipinski definition) is 0. The zero-order valence-corrected chi connectivity index (χ0v) is 20.4. The lowest BCUT2D eigenvalue weighted by molar-refractivity contribution is 0.187. The van der Waals surface area contributed by atoms with Gasteiger partial charge in [0, 0.05) is 26.4 Å². The van der Waals surface area contributed by atoms with Crippen LogP contribution in [-0.4, -0.2) is 45.0 Å². The van der Waals surface area contributed by atoms with Gasteiger partial charge in [-0.2, -0.15) is 0 Å². The van der Waals surface area contributed by atoms with Gasteiger partial charge < -0.3 is 17.7 Å². The molecule has 0 aromatic rings. The minimum Gasteiger partial charge on any atom is -0.397 e. The Morgan fingerprint density at radius 1 is 0.423 bits per heavy atom. The summed E-state index contributed by atoms with van der Waals surface area (Å²) in [5, 5.41) is 0. The average Bonchev–Trinajstić information content (AvgIpc) is 2.64. The van der Waals surface area contributed by atoms with E-state index in [0.29, 0.717) is 0 Å². The Morgan fingerprint density at radius 2 is 0.692 bits per heavy atom. The Kier molecular flexibility index (Phi) is 21.8. The quantitative estimate of drug-likeness (QED) is 0.187. The lowest BCUT2D eigenvalue weighted by Crippen LogP contribution is -2.25. The molecule has 0 bridgehead atoms. The maximum Gasteiger partial charge on any atom is 0.321 e. The molecule has 0 atom stereocenters. The van der Waals surface area contributed by atoms with Crippen LogP contribution in [0.5, 0.6) is 0 Å². The lowest BCUT2D eigenvalue weighted by atomic mass is 10.4. The second-order valence-electron chi connectivity index (χ2n) is 7.04. The van der Waals surface area contributed by atoms with Crippen LogP contribution in [0.3, 0.4) is 0 Å². The highest BCUT2D eigenvalue weighted by molar-refractivity contribution is 6.45. The minimum absolute atomic E-state index is 0.872. The van der Waals surface area contributed by atoms with Gasteiger partial charge in [-0.25, -0.2) is 0 Å². The topological polar surface area (TPSA) is 36.9 Å². The average molecular weight is 407 g/mol. The van der Waals surface area contributed by atoms with Crippen LogP contribution in [0.2, 0.25) is 12.1 Å². The summed E-state index contributed by atoms with van der Waals surface area (Å²) in [4.78, 5) is 0. The van der Waals surface area contributed by atoms with Gasteiger partial charge in [0.25, 0.3) is 0 Å². The highest BCUT2D eigenvalue weighted by Crippen LogP contribution is 2.12. The van der Waals surface area contributed by atoms with Gasteiger partial charge in [-0.1, -0.05) is 66.2 Å². The van der Waals surface area contributed by atoms with Crippen molar-refractivity contribution in [3.05, 3.63) is 0 Å². The van der Waals surface area contributed by atoms with Crippen LogP contribution >= 0.6 is 0 Å². The van der Waals surface area contributed by atoms with Crippen LogP contribution in [0.4, 0.5) is 0 Å². The van der Waals surface area contributed by atoms with Gasteiger partial charge in [-0.05, 0) is 37.8 Å². The molecule has 0 N–H and O–H groups in total. The van der Waals surface area contributed by atoms with Gasteiger partial charge in [0.1, 0.15) is 0 Å². The number of hydrogen-bond acceptors (Lipinski definition) is 4. The molecule has 0 radical (unpaired) electrons. The monoisotopic (exact) mass is 406 g/mol. The molecule has 0 rings (SSSR count). The van der Waals surface area contributed by atoms with E-state index in [1.807, 2.05) is 0 Å². The van der Waals surface area contributed by atoms with Crippen molar-refractivity contribution in [3.8, 4) is 0 Å². The molecule has 4 nitrogen and oxygen atoms in total. The van der Waals surface area contributed by atoms with Crippen LogP contribution in [0, 0.1) is 0 Å². The summed E-state index contributed by atoms with van der Waals surface area (Å²) < 4.78 is 24.2. The minimum atomic E-state index is -1.48. The molecule has 0 aliphatic heterocycles. The molecule has 0 aliphatic rings. The van der Waals surface area contributed by atoms with Gasteiger partial charge in [0.05, 0.1) is 0 Å². The summed E-state index contributed by atoms with van der Waals surface area (Å²) in [6.45, 7) is 12.3. The fraction of sp³-hybridized carbons (Fsp3) is 1.00. The standard InChI is InChI=1S/C20H46O4Si2/c1-5-9-15-21-25(22-16-10-6-2)19-13-14-20-26(23-17-11-7-3)24-18-12-8-4/h25-26H,5-20H2,1-4H3. The van der Waals surface area contributed by atoms with Crippen LogP contribution in [0.1, 0.15) is 91.9 Å². The molecule has 0 saturated carbocycles. The van der Waals surface area contributed by atoms with Crippen molar-refractivity contribution in [3.63, 3.8) is 0 Å². The fourth-order valence-corrected chi connectivity index (χ4v) is 6.31. The summed E-state index contributed by atoms with van der Waals surface area (Å²) in [6, 6.07) is 2.25. The SMILES string of the molecule is CCCCO[SiH](CCCC[SiH](OCCCC)OCCCC)OCCCC. The molecule has 158 valence electrons. The van der Waals surface area contributed by atoms with E-state index in [4.69, 9.17) is 17.7 Å². The maximum absolute atomic E-state index is 6.06. The summed E-state index contributed by atoms with van der Waals surface area (Å²) in [5.74, 6) is 0. The van der Waals surface area contributed by atoms with E-state index in [1.54, 1.807) is 0 Å². The van der Waals surface area contributed by atoms with Crippen molar-refractivity contribution < 1.29 is 17.7 Å². The number of unbranched alkanes of at least 4 members (excludes halogenated alkanes) is 5. The first-order valence-electron chi connectivity index (χ1n) is 11.2. The second kappa shape index (κ2) is 21.6. The van der Waals surface area contributed by atoms with Gasteiger partial charge in [-0.3, -0.25) is 0 Å².